The minimum atomic E-state index is -1.08. The molecule has 0 saturated heterocycles. The summed E-state index contributed by atoms with van der Waals surface area (Å²) in [6.45, 7) is 0. The Morgan fingerprint density at radius 2 is 2.18 bits per heavy atom. The van der Waals surface area contributed by atoms with Crippen LogP contribution in [0.4, 0.5) is 0 Å². The highest BCUT2D eigenvalue weighted by Gasteiger charge is 2.23. The Kier molecular flexibility index (Phi) is 3.31. The van der Waals surface area contributed by atoms with Crippen LogP contribution in [0.15, 0.2) is 24.3 Å². The number of rotatable bonds is 3. The van der Waals surface area contributed by atoms with E-state index in [9.17, 15) is 4.79 Å². The standard InChI is InChI=1S/C11H8ClNO3S/c1-16-11-8(10(14)15)9(13-17-11)6-4-2-3-5-7(6)12/h2-5H,1H3,(H,14,15). The summed E-state index contributed by atoms with van der Waals surface area (Å²) in [5.74, 6) is -1.08. The van der Waals surface area contributed by atoms with Crippen LogP contribution < -0.4 is 4.74 Å². The van der Waals surface area contributed by atoms with Gasteiger partial charge in [0.15, 0.2) is 0 Å². The van der Waals surface area contributed by atoms with Gasteiger partial charge in [0.2, 0.25) is 5.06 Å². The Labute approximate surface area is 107 Å². The molecule has 2 aromatic rings. The number of aromatic nitrogens is 1. The molecule has 1 N–H and O–H groups in total. The Morgan fingerprint density at radius 1 is 1.47 bits per heavy atom. The number of carbonyl (C=O) groups is 1. The Balaban J connectivity index is 2.64. The van der Waals surface area contributed by atoms with Gasteiger partial charge in [-0.3, -0.25) is 0 Å². The van der Waals surface area contributed by atoms with E-state index in [1.165, 1.54) is 7.11 Å². The molecule has 0 spiro atoms. The molecule has 0 aliphatic rings. The first-order valence-electron chi connectivity index (χ1n) is 4.67. The van der Waals surface area contributed by atoms with Crippen LogP contribution in [0.5, 0.6) is 5.06 Å². The smallest absolute Gasteiger partial charge is 0.342 e. The van der Waals surface area contributed by atoms with Gasteiger partial charge in [-0.1, -0.05) is 29.8 Å². The lowest BCUT2D eigenvalue weighted by atomic mass is 10.1. The van der Waals surface area contributed by atoms with Crippen molar-refractivity contribution in [3.8, 4) is 16.3 Å². The second-order valence-corrected chi connectivity index (χ2v) is 4.33. The van der Waals surface area contributed by atoms with E-state index in [0.717, 1.165) is 11.5 Å². The van der Waals surface area contributed by atoms with Gasteiger partial charge in [-0.05, 0) is 6.07 Å². The van der Waals surface area contributed by atoms with Gasteiger partial charge in [-0.25, -0.2) is 4.79 Å². The highest BCUT2D eigenvalue weighted by molar-refractivity contribution is 7.08. The number of carboxylic acid groups (broad SMARTS) is 1. The van der Waals surface area contributed by atoms with Crippen molar-refractivity contribution < 1.29 is 14.6 Å². The summed E-state index contributed by atoms with van der Waals surface area (Å²) < 4.78 is 9.07. The summed E-state index contributed by atoms with van der Waals surface area (Å²) >= 11 is 7.02. The summed E-state index contributed by atoms with van der Waals surface area (Å²) in [5, 5.41) is 9.89. The van der Waals surface area contributed by atoms with Gasteiger partial charge in [0.25, 0.3) is 0 Å². The number of carboxylic acids is 1. The zero-order valence-corrected chi connectivity index (χ0v) is 10.4. The molecular weight excluding hydrogens is 262 g/mol. The molecule has 4 nitrogen and oxygen atoms in total. The molecule has 0 bridgehead atoms. The van der Waals surface area contributed by atoms with E-state index < -0.39 is 5.97 Å². The molecule has 0 radical (unpaired) electrons. The molecule has 1 aromatic heterocycles. The van der Waals surface area contributed by atoms with Crippen molar-refractivity contribution in [2.45, 2.75) is 0 Å². The molecular formula is C11H8ClNO3S. The zero-order valence-electron chi connectivity index (χ0n) is 8.81. The van der Waals surface area contributed by atoms with Crippen LogP contribution in [0, 0.1) is 0 Å². The molecule has 1 aromatic carbocycles. The second-order valence-electron chi connectivity index (χ2n) is 3.18. The lowest BCUT2D eigenvalue weighted by molar-refractivity contribution is 0.0695. The molecule has 0 unspecified atom stereocenters. The third-order valence-corrected chi connectivity index (χ3v) is 3.33. The highest BCUT2D eigenvalue weighted by Crippen LogP contribution is 2.36. The molecule has 0 aliphatic heterocycles. The number of benzene rings is 1. The quantitative estimate of drug-likeness (QED) is 0.930. The summed E-state index contributed by atoms with van der Waals surface area (Å²) in [6.07, 6.45) is 0. The van der Waals surface area contributed by atoms with E-state index in [1.807, 2.05) is 0 Å². The summed E-state index contributed by atoms with van der Waals surface area (Å²) in [5.41, 5.74) is 0.974. The predicted molar refractivity (Wildman–Crippen MR) is 66.1 cm³/mol. The van der Waals surface area contributed by atoms with Gasteiger partial charge in [0, 0.05) is 17.1 Å². The van der Waals surface area contributed by atoms with E-state index in [-0.39, 0.29) is 10.6 Å². The number of methoxy groups -OCH3 is 1. The maximum Gasteiger partial charge on any atom is 0.342 e. The van der Waals surface area contributed by atoms with Crippen molar-refractivity contribution in [2.24, 2.45) is 0 Å². The van der Waals surface area contributed by atoms with Crippen LogP contribution >= 0.6 is 23.1 Å². The molecule has 1 heterocycles. The lowest BCUT2D eigenvalue weighted by Crippen LogP contribution is -1.99. The molecule has 17 heavy (non-hydrogen) atoms. The van der Waals surface area contributed by atoms with E-state index in [4.69, 9.17) is 21.4 Å². The predicted octanol–water partition coefficient (Wildman–Crippen LogP) is 3.17. The van der Waals surface area contributed by atoms with Gasteiger partial charge in [-0.2, -0.15) is 4.37 Å². The second kappa shape index (κ2) is 4.73. The van der Waals surface area contributed by atoms with Crippen LogP contribution in [-0.2, 0) is 0 Å². The average Bonchev–Trinajstić information content (AvgIpc) is 2.73. The molecule has 88 valence electrons. The first-order valence-corrected chi connectivity index (χ1v) is 5.82. The molecule has 2 rings (SSSR count). The van der Waals surface area contributed by atoms with E-state index in [0.29, 0.717) is 16.3 Å². The van der Waals surface area contributed by atoms with Crippen LogP contribution in [0.1, 0.15) is 10.4 Å². The molecule has 0 fully saturated rings. The summed E-state index contributed by atoms with van der Waals surface area (Å²) in [6, 6.07) is 6.96. The average molecular weight is 270 g/mol. The summed E-state index contributed by atoms with van der Waals surface area (Å²) in [4.78, 5) is 11.2. The number of halogens is 1. The monoisotopic (exact) mass is 269 g/mol. The van der Waals surface area contributed by atoms with Crippen LogP contribution in [-0.4, -0.2) is 22.6 Å². The Bertz CT molecular complexity index is 568. The van der Waals surface area contributed by atoms with Gasteiger partial charge in [0.1, 0.15) is 11.3 Å². The molecule has 6 heteroatoms. The fraction of sp³-hybridized carbons (Fsp3) is 0.0909. The van der Waals surface area contributed by atoms with Gasteiger partial charge >= 0.3 is 5.97 Å². The number of hydrogen-bond acceptors (Lipinski definition) is 4. The van der Waals surface area contributed by atoms with Crippen molar-refractivity contribution >= 4 is 29.1 Å². The third kappa shape index (κ3) is 2.11. The first-order chi connectivity index (χ1) is 8.15. The van der Waals surface area contributed by atoms with E-state index in [2.05, 4.69) is 4.37 Å². The highest BCUT2D eigenvalue weighted by atomic mass is 35.5. The van der Waals surface area contributed by atoms with Crippen LogP contribution in [0.2, 0.25) is 5.02 Å². The number of ether oxygens (including phenoxy) is 1. The minimum absolute atomic E-state index is 0.0469. The van der Waals surface area contributed by atoms with Gasteiger partial charge in [-0.15, -0.1) is 0 Å². The maximum atomic E-state index is 11.2. The van der Waals surface area contributed by atoms with Crippen LogP contribution in [0.3, 0.4) is 0 Å². The van der Waals surface area contributed by atoms with Crippen molar-refractivity contribution in [3.63, 3.8) is 0 Å². The van der Waals surface area contributed by atoms with E-state index >= 15 is 0 Å². The van der Waals surface area contributed by atoms with Crippen molar-refractivity contribution in [3.05, 3.63) is 34.9 Å². The molecule has 0 atom stereocenters. The number of nitrogens with zero attached hydrogens (tertiary/aromatic N) is 1. The Hall–Kier alpha value is -1.59. The van der Waals surface area contributed by atoms with Crippen molar-refractivity contribution in [2.75, 3.05) is 7.11 Å². The third-order valence-electron chi connectivity index (χ3n) is 2.19. The molecule has 0 saturated carbocycles. The number of hydrogen-bond donors (Lipinski definition) is 1. The lowest BCUT2D eigenvalue weighted by Gasteiger charge is -2.02. The SMILES string of the molecule is COc1snc(-c2ccccc2Cl)c1C(=O)O. The normalized spacial score (nSPS) is 10.2. The van der Waals surface area contributed by atoms with Crippen molar-refractivity contribution in [1.82, 2.24) is 4.37 Å². The first kappa shape index (κ1) is 11.9. The van der Waals surface area contributed by atoms with Crippen molar-refractivity contribution in [1.29, 1.82) is 0 Å². The summed E-state index contributed by atoms with van der Waals surface area (Å²) in [7, 11) is 1.41. The topological polar surface area (TPSA) is 59.4 Å². The minimum Gasteiger partial charge on any atom is -0.486 e. The van der Waals surface area contributed by atoms with Gasteiger partial charge < -0.3 is 9.84 Å². The largest absolute Gasteiger partial charge is 0.486 e. The fourth-order valence-corrected chi connectivity index (χ4v) is 2.38. The zero-order chi connectivity index (χ0) is 12.4. The van der Waals surface area contributed by atoms with Crippen LogP contribution in [0.25, 0.3) is 11.3 Å². The Morgan fingerprint density at radius 3 is 2.76 bits per heavy atom. The van der Waals surface area contributed by atoms with E-state index in [1.54, 1.807) is 24.3 Å². The number of aromatic carboxylic acids is 1. The molecule has 0 aliphatic carbocycles. The maximum absolute atomic E-state index is 11.2. The fourth-order valence-electron chi connectivity index (χ4n) is 1.44. The van der Waals surface area contributed by atoms with Gasteiger partial charge in [0.05, 0.1) is 12.1 Å². The molecule has 0 amide bonds.